The molecule has 1 saturated heterocycles. The van der Waals surface area contributed by atoms with Crippen LogP contribution in [0.2, 0.25) is 0 Å². The molecule has 0 bridgehead atoms. The minimum atomic E-state index is -3.40. The van der Waals surface area contributed by atoms with Gasteiger partial charge in [0.15, 0.2) is 0 Å². The molecule has 1 fully saturated rings. The lowest BCUT2D eigenvalue weighted by Crippen LogP contribution is -2.38. The van der Waals surface area contributed by atoms with Gasteiger partial charge in [-0.1, -0.05) is 12.8 Å². The summed E-state index contributed by atoms with van der Waals surface area (Å²) in [6, 6.07) is 1.80. The minimum absolute atomic E-state index is 0.0776. The van der Waals surface area contributed by atoms with E-state index in [0.29, 0.717) is 18.0 Å². The first-order valence-corrected chi connectivity index (χ1v) is 8.85. The second-order valence-electron chi connectivity index (χ2n) is 5.47. The van der Waals surface area contributed by atoms with E-state index in [2.05, 4.69) is 0 Å². The second-order valence-corrected chi connectivity index (χ2v) is 7.36. The van der Waals surface area contributed by atoms with E-state index in [1.807, 2.05) is 18.4 Å². The zero-order chi connectivity index (χ0) is 14.8. The third kappa shape index (κ3) is 2.92. The maximum absolute atomic E-state index is 12.8. The van der Waals surface area contributed by atoms with Crippen molar-refractivity contribution in [2.75, 3.05) is 6.54 Å². The van der Waals surface area contributed by atoms with E-state index in [1.54, 1.807) is 16.6 Å². The Balaban J connectivity index is 2.35. The van der Waals surface area contributed by atoms with E-state index in [-0.39, 0.29) is 6.04 Å². The fourth-order valence-electron chi connectivity index (χ4n) is 2.87. The van der Waals surface area contributed by atoms with Gasteiger partial charge in [-0.2, -0.15) is 4.31 Å². The third-order valence-corrected chi connectivity index (χ3v) is 6.09. The van der Waals surface area contributed by atoms with E-state index in [4.69, 9.17) is 5.73 Å². The van der Waals surface area contributed by atoms with Gasteiger partial charge in [-0.15, -0.1) is 0 Å². The molecule has 2 N–H and O–H groups in total. The number of aryl methyl sites for hydroxylation is 1. The van der Waals surface area contributed by atoms with Crippen LogP contribution in [0.4, 0.5) is 0 Å². The van der Waals surface area contributed by atoms with Crippen LogP contribution < -0.4 is 5.73 Å². The average molecular weight is 299 g/mol. The lowest BCUT2D eigenvalue weighted by Gasteiger charge is -2.25. The number of aromatic nitrogens is 1. The normalized spacial score (nSPS) is 21.9. The molecule has 114 valence electrons. The van der Waals surface area contributed by atoms with Gasteiger partial charge in [0.2, 0.25) is 10.0 Å². The zero-order valence-electron chi connectivity index (χ0n) is 12.4. The van der Waals surface area contributed by atoms with Crippen molar-refractivity contribution in [3.63, 3.8) is 0 Å². The highest BCUT2D eigenvalue weighted by atomic mass is 32.2. The van der Waals surface area contributed by atoms with E-state index in [9.17, 15) is 8.42 Å². The van der Waals surface area contributed by atoms with Crippen molar-refractivity contribution in [2.45, 2.75) is 63.6 Å². The highest BCUT2D eigenvalue weighted by Gasteiger charge is 2.31. The summed E-state index contributed by atoms with van der Waals surface area (Å²) in [5.41, 5.74) is 6.55. The molecule has 5 nitrogen and oxygen atoms in total. The Hall–Kier alpha value is -0.850. The second kappa shape index (κ2) is 6.28. The average Bonchev–Trinajstić information content (AvgIpc) is 2.74. The molecule has 0 amide bonds. The molecule has 0 aromatic carbocycles. The van der Waals surface area contributed by atoms with E-state index < -0.39 is 10.0 Å². The summed E-state index contributed by atoms with van der Waals surface area (Å²) in [4.78, 5) is 0.383. The van der Waals surface area contributed by atoms with Crippen LogP contribution >= 0.6 is 0 Å². The summed E-state index contributed by atoms with van der Waals surface area (Å²) in [6.07, 6.45) is 5.83. The Morgan fingerprint density at radius 2 is 2.10 bits per heavy atom. The van der Waals surface area contributed by atoms with Crippen LogP contribution in [-0.4, -0.2) is 29.9 Å². The number of sulfonamides is 1. The van der Waals surface area contributed by atoms with Crippen LogP contribution in [0.3, 0.4) is 0 Å². The molecule has 1 unspecified atom stereocenters. The smallest absolute Gasteiger partial charge is 0.244 e. The van der Waals surface area contributed by atoms with Crippen molar-refractivity contribution >= 4 is 10.0 Å². The zero-order valence-corrected chi connectivity index (χ0v) is 13.2. The van der Waals surface area contributed by atoms with Crippen LogP contribution in [0.5, 0.6) is 0 Å². The van der Waals surface area contributed by atoms with Gasteiger partial charge in [-0.3, -0.25) is 0 Å². The molecule has 1 atom stereocenters. The topological polar surface area (TPSA) is 68.3 Å². The molecule has 1 aromatic heterocycles. The van der Waals surface area contributed by atoms with E-state index >= 15 is 0 Å². The molecule has 0 radical (unpaired) electrons. The molecule has 20 heavy (non-hydrogen) atoms. The van der Waals surface area contributed by atoms with Crippen molar-refractivity contribution in [2.24, 2.45) is 5.73 Å². The maximum atomic E-state index is 12.8. The van der Waals surface area contributed by atoms with Gasteiger partial charge in [0.25, 0.3) is 0 Å². The van der Waals surface area contributed by atoms with Crippen molar-refractivity contribution in [1.82, 2.24) is 8.87 Å². The van der Waals surface area contributed by atoms with E-state index in [0.717, 1.165) is 37.9 Å². The largest absolute Gasteiger partial charge is 0.349 e. The Morgan fingerprint density at radius 1 is 1.35 bits per heavy atom. The monoisotopic (exact) mass is 299 g/mol. The Morgan fingerprint density at radius 3 is 2.70 bits per heavy atom. The molecule has 1 aliphatic rings. The highest BCUT2D eigenvalue weighted by molar-refractivity contribution is 7.89. The first kappa shape index (κ1) is 15.5. The highest BCUT2D eigenvalue weighted by Crippen LogP contribution is 2.25. The molecular weight excluding hydrogens is 274 g/mol. The molecule has 6 heteroatoms. The van der Waals surface area contributed by atoms with E-state index in [1.165, 1.54) is 0 Å². The van der Waals surface area contributed by atoms with Gasteiger partial charge in [0, 0.05) is 37.6 Å². The molecule has 1 aliphatic heterocycles. The minimum Gasteiger partial charge on any atom is -0.349 e. The summed E-state index contributed by atoms with van der Waals surface area (Å²) < 4.78 is 29.2. The number of nitrogens with zero attached hydrogens (tertiary/aromatic N) is 2. The molecule has 2 rings (SSSR count). The first-order valence-electron chi connectivity index (χ1n) is 7.41. The first-order chi connectivity index (χ1) is 9.50. The van der Waals surface area contributed by atoms with Gasteiger partial charge in [0.05, 0.1) is 0 Å². The van der Waals surface area contributed by atoms with Gasteiger partial charge in [-0.05, 0) is 32.8 Å². The van der Waals surface area contributed by atoms with Crippen LogP contribution in [0.25, 0.3) is 0 Å². The lowest BCUT2D eigenvalue weighted by atomic mass is 10.1. The fraction of sp³-hybridized carbons (Fsp3) is 0.714. The number of hydrogen-bond acceptors (Lipinski definition) is 3. The molecule has 0 spiro atoms. The Bertz CT molecular complexity index is 529. The summed E-state index contributed by atoms with van der Waals surface area (Å²) in [7, 11) is -3.40. The summed E-state index contributed by atoms with van der Waals surface area (Å²) in [5, 5.41) is 0. The van der Waals surface area contributed by atoms with Gasteiger partial charge < -0.3 is 10.3 Å². The maximum Gasteiger partial charge on any atom is 0.244 e. The Labute approximate surface area is 121 Å². The summed E-state index contributed by atoms with van der Waals surface area (Å²) in [5.74, 6) is 0. The summed E-state index contributed by atoms with van der Waals surface area (Å²) in [6.45, 7) is 5.71. The van der Waals surface area contributed by atoms with Gasteiger partial charge >= 0.3 is 0 Å². The van der Waals surface area contributed by atoms with Crippen LogP contribution in [0.15, 0.2) is 17.2 Å². The molecule has 0 saturated carbocycles. The van der Waals surface area contributed by atoms with Gasteiger partial charge in [-0.25, -0.2) is 8.42 Å². The third-order valence-electron chi connectivity index (χ3n) is 4.11. The van der Waals surface area contributed by atoms with Crippen LogP contribution in [0.1, 0.15) is 45.2 Å². The standard InChI is InChI=1S/C14H25N3O2S/c1-3-16-11-14(9-13(16)10-15)20(18,19)17-8-6-4-5-7-12(17)2/h9,11-12H,3-8,10,15H2,1-2H3. The fourth-order valence-corrected chi connectivity index (χ4v) is 4.64. The summed E-state index contributed by atoms with van der Waals surface area (Å²) >= 11 is 0. The Kier molecular flexibility index (Phi) is 4.88. The van der Waals surface area contributed by atoms with Crippen molar-refractivity contribution in [3.05, 3.63) is 18.0 Å². The quantitative estimate of drug-likeness (QED) is 0.923. The molecule has 2 heterocycles. The van der Waals surface area contributed by atoms with Crippen LogP contribution in [-0.2, 0) is 23.1 Å². The van der Waals surface area contributed by atoms with Crippen LogP contribution in [0, 0.1) is 0 Å². The predicted molar refractivity (Wildman–Crippen MR) is 79.8 cm³/mol. The van der Waals surface area contributed by atoms with Crippen molar-refractivity contribution in [1.29, 1.82) is 0 Å². The number of rotatable bonds is 4. The molecule has 1 aromatic rings. The van der Waals surface area contributed by atoms with Gasteiger partial charge in [0.1, 0.15) is 4.90 Å². The SMILES string of the molecule is CCn1cc(S(=O)(=O)N2CCCCCC2C)cc1CN. The predicted octanol–water partition coefficient (Wildman–Crippen LogP) is 1.92. The lowest BCUT2D eigenvalue weighted by molar-refractivity contribution is 0.342. The molecule has 0 aliphatic carbocycles. The number of nitrogens with two attached hydrogens (primary N) is 1. The van der Waals surface area contributed by atoms with Crippen molar-refractivity contribution < 1.29 is 8.42 Å². The van der Waals surface area contributed by atoms with Crippen molar-refractivity contribution in [3.8, 4) is 0 Å². The number of hydrogen-bond donors (Lipinski definition) is 1. The molecular formula is C14H25N3O2S.